The third-order valence-electron chi connectivity index (χ3n) is 3.19. The molecule has 0 saturated carbocycles. The van der Waals surface area contributed by atoms with Gasteiger partial charge in [0.2, 0.25) is 0 Å². The maximum absolute atomic E-state index is 11.1. The summed E-state index contributed by atoms with van der Waals surface area (Å²) in [6.07, 6.45) is 13.8. The van der Waals surface area contributed by atoms with Gasteiger partial charge in [0.25, 0.3) is 0 Å². The Kier molecular flexibility index (Phi) is 11.4. The van der Waals surface area contributed by atoms with Gasteiger partial charge in [-0.3, -0.25) is 4.79 Å². The predicted molar refractivity (Wildman–Crippen MR) is 75.0 cm³/mol. The normalized spacial score (nSPS) is 12.4. The molecular weight excluding hydrogens is 210 g/mol. The predicted octanol–water partition coefficient (Wildman–Crippen LogP) is 3.99. The van der Waals surface area contributed by atoms with Gasteiger partial charge in [-0.15, -0.1) is 0 Å². The Bertz CT molecular complexity index is 201. The molecule has 0 aliphatic carbocycles. The third kappa shape index (κ3) is 10.3. The maximum atomic E-state index is 11.1. The molecule has 0 aromatic heterocycles. The van der Waals surface area contributed by atoms with E-state index in [1.54, 1.807) is 0 Å². The van der Waals surface area contributed by atoms with Gasteiger partial charge in [0.1, 0.15) is 0 Å². The summed E-state index contributed by atoms with van der Waals surface area (Å²) in [4.78, 5) is 11.1. The van der Waals surface area contributed by atoms with Gasteiger partial charge in [0.05, 0.1) is 6.04 Å². The fraction of sp³-hybridized carbons (Fsp3) is 0.800. The molecular formula is C15H29NO. The van der Waals surface area contributed by atoms with Gasteiger partial charge >= 0.3 is 0 Å². The minimum atomic E-state index is -0.322. The lowest BCUT2D eigenvalue weighted by Crippen LogP contribution is -2.28. The Morgan fingerprint density at radius 2 is 1.53 bits per heavy atom. The van der Waals surface area contributed by atoms with Crippen LogP contribution >= 0.6 is 0 Å². The van der Waals surface area contributed by atoms with E-state index >= 15 is 0 Å². The summed E-state index contributed by atoms with van der Waals surface area (Å²) in [5.74, 6) is -0.0236. The van der Waals surface area contributed by atoms with Crippen LogP contribution in [0, 0.1) is 0 Å². The Hall–Kier alpha value is -0.630. The van der Waals surface area contributed by atoms with Crippen LogP contribution in [0.2, 0.25) is 0 Å². The molecule has 2 heteroatoms. The first-order valence-electron chi connectivity index (χ1n) is 7.14. The van der Waals surface area contributed by atoms with Gasteiger partial charge in [-0.1, -0.05) is 71.3 Å². The second kappa shape index (κ2) is 11.8. The second-order valence-electron chi connectivity index (χ2n) is 4.83. The summed E-state index contributed by atoms with van der Waals surface area (Å²) in [6, 6.07) is -0.322. The number of unbranched alkanes of at least 4 members (excludes halogenated alkanes) is 8. The molecule has 1 atom stereocenters. The maximum Gasteiger partial charge on any atom is 0.171 e. The van der Waals surface area contributed by atoms with Crippen molar-refractivity contribution in [3.8, 4) is 0 Å². The van der Waals surface area contributed by atoms with Crippen LogP contribution in [-0.4, -0.2) is 11.8 Å². The molecule has 0 fully saturated rings. The summed E-state index contributed by atoms with van der Waals surface area (Å²) < 4.78 is 0. The molecule has 2 nitrogen and oxygen atoms in total. The molecule has 0 aliphatic heterocycles. The van der Waals surface area contributed by atoms with Crippen molar-refractivity contribution in [3.63, 3.8) is 0 Å². The highest BCUT2D eigenvalue weighted by molar-refractivity contribution is 5.93. The Morgan fingerprint density at radius 3 is 2.00 bits per heavy atom. The average molecular weight is 239 g/mol. The largest absolute Gasteiger partial charge is 0.321 e. The molecule has 2 N–H and O–H groups in total. The van der Waals surface area contributed by atoms with Crippen molar-refractivity contribution in [1.29, 1.82) is 0 Å². The van der Waals surface area contributed by atoms with E-state index in [0.717, 1.165) is 12.8 Å². The second-order valence-corrected chi connectivity index (χ2v) is 4.83. The van der Waals surface area contributed by atoms with Crippen molar-refractivity contribution < 1.29 is 4.79 Å². The fourth-order valence-electron chi connectivity index (χ4n) is 1.97. The number of nitrogens with two attached hydrogens (primary N) is 1. The van der Waals surface area contributed by atoms with Gasteiger partial charge < -0.3 is 5.73 Å². The average Bonchev–Trinajstić information content (AvgIpc) is 2.35. The smallest absolute Gasteiger partial charge is 0.171 e. The summed E-state index contributed by atoms with van der Waals surface area (Å²) in [7, 11) is 0. The molecule has 0 spiro atoms. The quantitative estimate of drug-likeness (QED) is 0.413. The van der Waals surface area contributed by atoms with Crippen LogP contribution in [0.1, 0.15) is 71.1 Å². The highest BCUT2D eigenvalue weighted by Gasteiger charge is 2.08. The molecule has 100 valence electrons. The highest BCUT2D eigenvalue weighted by atomic mass is 16.1. The zero-order valence-electron chi connectivity index (χ0n) is 11.4. The number of hydrogen-bond acceptors (Lipinski definition) is 2. The van der Waals surface area contributed by atoms with Gasteiger partial charge in [0, 0.05) is 0 Å². The van der Waals surface area contributed by atoms with E-state index in [0.29, 0.717) is 0 Å². The molecule has 1 unspecified atom stereocenters. The fourth-order valence-corrected chi connectivity index (χ4v) is 1.97. The number of hydrogen-bond donors (Lipinski definition) is 1. The molecule has 0 bridgehead atoms. The van der Waals surface area contributed by atoms with Gasteiger partial charge in [0.15, 0.2) is 5.78 Å². The number of rotatable bonds is 12. The lowest BCUT2D eigenvalue weighted by Gasteiger charge is -2.07. The molecule has 0 aromatic carbocycles. The van der Waals surface area contributed by atoms with E-state index in [9.17, 15) is 4.79 Å². The van der Waals surface area contributed by atoms with Crippen LogP contribution < -0.4 is 5.73 Å². The SMILES string of the molecule is C=CC(=O)C(N)CCCCCCCCCCC. The standard InChI is InChI=1S/C15H29NO/c1-3-5-6-7-8-9-10-11-12-13-14(16)15(17)4-2/h4,14H,2-3,5-13,16H2,1H3. The molecule has 0 amide bonds. The zero-order chi connectivity index (χ0) is 12.9. The van der Waals surface area contributed by atoms with Crippen LogP contribution in [0.4, 0.5) is 0 Å². The molecule has 0 saturated heterocycles. The topological polar surface area (TPSA) is 43.1 Å². The van der Waals surface area contributed by atoms with E-state index in [2.05, 4.69) is 13.5 Å². The zero-order valence-corrected chi connectivity index (χ0v) is 11.4. The molecule has 0 radical (unpaired) electrons. The van der Waals surface area contributed by atoms with E-state index in [1.807, 2.05) is 0 Å². The molecule has 0 aliphatic rings. The first kappa shape index (κ1) is 16.4. The van der Waals surface area contributed by atoms with Crippen LogP contribution in [0.5, 0.6) is 0 Å². The van der Waals surface area contributed by atoms with Gasteiger partial charge in [-0.05, 0) is 12.5 Å². The van der Waals surface area contributed by atoms with Crippen LogP contribution in [-0.2, 0) is 4.79 Å². The van der Waals surface area contributed by atoms with Crippen molar-refractivity contribution >= 4 is 5.78 Å². The van der Waals surface area contributed by atoms with E-state index in [-0.39, 0.29) is 11.8 Å². The summed E-state index contributed by atoms with van der Waals surface area (Å²) in [5.41, 5.74) is 5.70. The Morgan fingerprint density at radius 1 is 1.06 bits per heavy atom. The van der Waals surface area contributed by atoms with Crippen LogP contribution in [0.3, 0.4) is 0 Å². The van der Waals surface area contributed by atoms with Crippen molar-refractivity contribution in [3.05, 3.63) is 12.7 Å². The monoisotopic (exact) mass is 239 g/mol. The number of carbonyl (C=O) groups excluding carboxylic acids is 1. The van der Waals surface area contributed by atoms with Crippen LogP contribution in [0.15, 0.2) is 12.7 Å². The van der Waals surface area contributed by atoms with Gasteiger partial charge in [-0.25, -0.2) is 0 Å². The van der Waals surface area contributed by atoms with Crippen molar-refractivity contribution in [2.24, 2.45) is 5.73 Å². The van der Waals surface area contributed by atoms with E-state index < -0.39 is 0 Å². The Labute approximate surface area is 107 Å². The van der Waals surface area contributed by atoms with Crippen molar-refractivity contribution in [2.45, 2.75) is 77.2 Å². The summed E-state index contributed by atoms with van der Waals surface area (Å²) >= 11 is 0. The first-order chi connectivity index (χ1) is 8.22. The Balaban J connectivity index is 3.18. The first-order valence-corrected chi connectivity index (χ1v) is 7.14. The van der Waals surface area contributed by atoms with Crippen molar-refractivity contribution in [2.75, 3.05) is 0 Å². The molecule has 17 heavy (non-hydrogen) atoms. The molecule has 0 rings (SSSR count). The lowest BCUT2D eigenvalue weighted by molar-refractivity contribution is -0.115. The summed E-state index contributed by atoms with van der Waals surface area (Å²) in [5, 5.41) is 0. The third-order valence-corrected chi connectivity index (χ3v) is 3.19. The molecule has 0 heterocycles. The minimum absolute atomic E-state index is 0.0236. The highest BCUT2D eigenvalue weighted by Crippen LogP contribution is 2.11. The minimum Gasteiger partial charge on any atom is -0.321 e. The van der Waals surface area contributed by atoms with Gasteiger partial charge in [-0.2, -0.15) is 0 Å². The van der Waals surface area contributed by atoms with Crippen molar-refractivity contribution in [1.82, 2.24) is 0 Å². The summed E-state index contributed by atoms with van der Waals surface area (Å²) in [6.45, 7) is 5.69. The van der Waals surface area contributed by atoms with E-state index in [4.69, 9.17) is 5.73 Å². The number of carbonyl (C=O) groups is 1. The van der Waals surface area contributed by atoms with E-state index in [1.165, 1.54) is 57.4 Å². The molecule has 0 aromatic rings. The van der Waals surface area contributed by atoms with Crippen LogP contribution in [0.25, 0.3) is 0 Å². The number of ketones is 1. The lowest BCUT2D eigenvalue weighted by atomic mass is 10.0.